The fourth-order valence-electron chi connectivity index (χ4n) is 2.02. The molecule has 0 aliphatic rings. The van der Waals surface area contributed by atoms with Gasteiger partial charge in [0.05, 0.1) is 31.2 Å². The van der Waals surface area contributed by atoms with Gasteiger partial charge in [0.2, 0.25) is 0 Å². The molecular formula is C13H14N2O4. The zero-order chi connectivity index (χ0) is 13.8. The van der Waals surface area contributed by atoms with Crippen LogP contribution in [0.5, 0.6) is 0 Å². The number of aromatic nitrogens is 2. The quantitative estimate of drug-likeness (QED) is 0.794. The predicted molar refractivity (Wildman–Crippen MR) is 67.6 cm³/mol. The van der Waals surface area contributed by atoms with E-state index in [1.165, 1.54) is 7.11 Å². The summed E-state index contributed by atoms with van der Waals surface area (Å²) >= 11 is 0. The van der Waals surface area contributed by atoms with Gasteiger partial charge in [-0.2, -0.15) is 5.10 Å². The number of carbonyl (C=O) groups is 2. The molecule has 0 bridgehead atoms. The fraction of sp³-hybridized carbons (Fsp3) is 0.308. The van der Waals surface area contributed by atoms with E-state index < -0.39 is 17.9 Å². The lowest BCUT2D eigenvalue weighted by Gasteiger charge is -2.12. The molecule has 1 atom stereocenters. The van der Waals surface area contributed by atoms with Gasteiger partial charge in [0.1, 0.15) is 0 Å². The normalized spacial score (nSPS) is 12.3. The third-order valence-electron chi connectivity index (χ3n) is 2.94. The Kier molecular flexibility index (Phi) is 3.79. The molecule has 1 heterocycles. The molecule has 0 saturated carbocycles. The number of aromatic amines is 1. The molecule has 6 heteroatoms. The van der Waals surface area contributed by atoms with Crippen LogP contribution in [0.3, 0.4) is 0 Å². The van der Waals surface area contributed by atoms with E-state index in [0.717, 1.165) is 16.5 Å². The number of rotatable bonds is 5. The van der Waals surface area contributed by atoms with Gasteiger partial charge >= 0.3 is 11.9 Å². The van der Waals surface area contributed by atoms with Crippen LogP contribution in [-0.2, 0) is 20.7 Å². The van der Waals surface area contributed by atoms with Crippen molar-refractivity contribution in [3.63, 3.8) is 0 Å². The number of fused-ring (bicyclic) bond motifs is 1. The maximum Gasteiger partial charge on any atom is 0.309 e. The number of ether oxygens (including phenoxy) is 1. The Hall–Kier alpha value is -2.37. The lowest BCUT2D eigenvalue weighted by Crippen LogP contribution is -2.22. The first kappa shape index (κ1) is 13.1. The summed E-state index contributed by atoms with van der Waals surface area (Å²) in [6.07, 6.45) is 1.78. The van der Waals surface area contributed by atoms with Crippen LogP contribution in [0.2, 0.25) is 0 Å². The molecule has 1 aromatic carbocycles. The number of carboxylic acids is 1. The number of nitrogens with zero attached hydrogens (tertiary/aromatic N) is 1. The summed E-state index contributed by atoms with van der Waals surface area (Å²) in [5, 5.41) is 16.5. The fourth-order valence-corrected chi connectivity index (χ4v) is 2.02. The second-order valence-corrected chi connectivity index (χ2v) is 4.31. The maximum absolute atomic E-state index is 11.6. The standard InChI is InChI=1S/C13H14N2O4/c1-19-13(18)9(6-12(16)17)4-8-2-3-11-10(5-8)7-14-15-11/h2-3,5,7,9H,4,6H2,1H3,(H,14,15)(H,16,17)/t9-/m1/s1. The molecule has 0 aliphatic heterocycles. The van der Waals surface area contributed by atoms with E-state index >= 15 is 0 Å². The van der Waals surface area contributed by atoms with Crippen LogP contribution in [0.4, 0.5) is 0 Å². The molecule has 0 spiro atoms. The van der Waals surface area contributed by atoms with Gasteiger partial charge < -0.3 is 9.84 Å². The Morgan fingerprint density at radius 1 is 1.47 bits per heavy atom. The Bertz CT molecular complexity index is 605. The molecule has 0 aliphatic carbocycles. The first-order valence-electron chi connectivity index (χ1n) is 5.82. The molecule has 6 nitrogen and oxygen atoms in total. The number of H-pyrrole nitrogens is 1. The van der Waals surface area contributed by atoms with Crippen LogP contribution >= 0.6 is 0 Å². The minimum Gasteiger partial charge on any atom is -0.481 e. The lowest BCUT2D eigenvalue weighted by atomic mass is 9.95. The van der Waals surface area contributed by atoms with Crippen LogP contribution < -0.4 is 0 Å². The first-order valence-corrected chi connectivity index (χ1v) is 5.82. The van der Waals surface area contributed by atoms with Gasteiger partial charge in [0.25, 0.3) is 0 Å². The van der Waals surface area contributed by atoms with Crippen LogP contribution in [0, 0.1) is 5.92 Å². The van der Waals surface area contributed by atoms with Gasteiger partial charge in [-0.05, 0) is 24.1 Å². The molecule has 100 valence electrons. The molecular weight excluding hydrogens is 248 g/mol. The third kappa shape index (κ3) is 3.09. The average molecular weight is 262 g/mol. The maximum atomic E-state index is 11.6. The molecule has 2 aromatic rings. The van der Waals surface area contributed by atoms with Crippen molar-refractivity contribution in [1.29, 1.82) is 0 Å². The second kappa shape index (κ2) is 5.51. The van der Waals surface area contributed by atoms with E-state index in [2.05, 4.69) is 14.9 Å². The van der Waals surface area contributed by atoms with Gasteiger partial charge in [-0.3, -0.25) is 14.7 Å². The smallest absolute Gasteiger partial charge is 0.309 e. The number of benzene rings is 1. The highest BCUT2D eigenvalue weighted by Crippen LogP contribution is 2.18. The van der Waals surface area contributed by atoms with Gasteiger partial charge in [0, 0.05) is 5.39 Å². The Morgan fingerprint density at radius 2 is 2.26 bits per heavy atom. The highest BCUT2D eigenvalue weighted by Gasteiger charge is 2.22. The van der Waals surface area contributed by atoms with Crippen LogP contribution in [0.15, 0.2) is 24.4 Å². The van der Waals surface area contributed by atoms with Gasteiger partial charge in [0.15, 0.2) is 0 Å². The minimum atomic E-state index is -1.01. The number of aliphatic carboxylic acids is 1. The molecule has 0 amide bonds. The van der Waals surface area contributed by atoms with Crippen molar-refractivity contribution in [1.82, 2.24) is 10.2 Å². The van der Waals surface area contributed by atoms with Gasteiger partial charge in [-0.25, -0.2) is 0 Å². The minimum absolute atomic E-state index is 0.240. The summed E-state index contributed by atoms with van der Waals surface area (Å²) in [4.78, 5) is 22.3. The first-order chi connectivity index (χ1) is 9.10. The summed E-state index contributed by atoms with van der Waals surface area (Å²) < 4.78 is 4.64. The number of carboxylic acid groups (broad SMARTS) is 1. The molecule has 2 rings (SSSR count). The number of hydrogen-bond donors (Lipinski definition) is 2. The molecule has 0 unspecified atom stereocenters. The van der Waals surface area contributed by atoms with E-state index in [-0.39, 0.29) is 6.42 Å². The van der Waals surface area contributed by atoms with Crippen LogP contribution in [-0.4, -0.2) is 34.4 Å². The Balaban J connectivity index is 2.19. The van der Waals surface area contributed by atoms with Crippen molar-refractivity contribution in [2.45, 2.75) is 12.8 Å². The Labute approximate surface area is 109 Å². The van der Waals surface area contributed by atoms with E-state index in [1.807, 2.05) is 18.2 Å². The van der Waals surface area contributed by atoms with Crippen molar-refractivity contribution in [2.75, 3.05) is 7.11 Å². The van der Waals surface area contributed by atoms with E-state index in [4.69, 9.17) is 5.11 Å². The van der Waals surface area contributed by atoms with Gasteiger partial charge in [-0.1, -0.05) is 6.07 Å². The number of hydrogen-bond acceptors (Lipinski definition) is 4. The lowest BCUT2D eigenvalue weighted by molar-refractivity contribution is -0.150. The van der Waals surface area contributed by atoms with Crippen molar-refractivity contribution < 1.29 is 19.4 Å². The Morgan fingerprint density at radius 3 is 2.95 bits per heavy atom. The van der Waals surface area contributed by atoms with Crippen molar-refractivity contribution in [2.24, 2.45) is 5.92 Å². The zero-order valence-electron chi connectivity index (χ0n) is 10.4. The summed E-state index contributed by atoms with van der Waals surface area (Å²) in [6.45, 7) is 0. The summed E-state index contributed by atoms with van der Waals surface area (Å²) in [7, 11) is 1.26. The van der Waals surface area contributed by atoms with E-state index in [9.17, 15) is 9.59 Å². The topological polar surface area (TPSA) is 92.3 Å². The van der Waals surface area contributed by atoms with Gasteiger partial charge in [-0.15, -0.1) is 0 Å². The van der Waals surface area contributed by atoms with E-state index in [1.54, 1.807) is 6.20 Å². The highest BCUT2D eigenvalue weighted by molar-refractivity contribution is 5.81. The molecule has 2 N–H and O–H groups in total. The third-order valence-corrected chi connectivity index (χ3v) is 2.94. The zero-order valence-corrected chi connectivity index (χ0v) is 10.4. The number of esters is 1. The average Bonchev–Trinajstić information content (AvgIpc) is 2.84. The monoisotopic (exact) mass is 262 g/mol. The summed E-state index contributed by atoms with van der Waals surface area (Å²) in [5.74, 6) is -2.19. The number of methoxy groups -OCH3 is 1. The van der Waals surface area contributed by atoms with Crippen LogP contribution in [0.1, 0.15) is 12.0 Å². The molecule has 0 saturated heterocycles. The molecule has 19 heavy (non-hydrogen) atoms. The van der Waals surface area contributed by atoms with Crippen molar-refractivity contribution >= 4 is 22.8 Å². The van der Waals surface area contributed by atoms with Crippen LogP contribution in [0.25, 0.3) is 10.9 Å². The highest BCUT2D eigenvalue weighted by atomic mass is 16.5. The number of carbonyl (C=O) groups excluding carboxylic acids is 1. The predicted octanol–water partition coefficient (Wildman–Crippen LogP) is 1.37. The largest absolute Gasteiger partial charge is 0.481 e. The SMILES string of the molecule is COC(=O)[C@@H](CC(=O)O)Cc1ccc2[nH]ncc2c1. The second-order valence-electron chi connectivity index (χ2n) is 4.31. The molecule has 0 fully saturated rings. The van der Waals surface area contributed by atoms with E-state index in [0.29, 0.717) is 6.42 Å². The van der Waals surface area contributed by atoms with Crippen molar-refractivity contribution in [3.8, 4) is 0 Å². The summed E-state index contributed by atoms with van der Waals surface area (Å²) in [5.41, 5.74) is 1.78. The molecule has 0 radical (unpaired) electrons. The summed E-state index contributed by atoms with van der Waals surface area (Å²) in [6, 6.07) is 5.59. The number of nitrogens with one attached hydrogen (secondary N) is 1. The van der Waals surface area contributed by atoms with Crippen molar-refractivity contribution in [3.05, 3.63) is 30.0 Å². The molecule has 1 aromatic heterocycles.